The van der Waals surface area contributed by atoms with Crippen molar-refractivity contribution in [3.8, 4) is 22.5 Å². The zero-order valence-electron chi connectivity index (χ0n) is 25.6. The van der Waals surface area contributed by atoms with E-state index < -0.39 is 0 Å². The summed E-state index contributed by atoms with van der Waals surface area (Å²) in [5.41, 5.74) is 15.4. The van der Waals surface area contributed by atoms with Gasteiger partial charge in [-0.05, 0) is 79.0 Å². The van der Waals surface area contributed by atoms with Gasteiger partial charge in [0.2, 0.25) is 0 Å². The van der Waals surface area contributed by atoms with Gasteiger partial charge in [-0.1, -0.05) is 103 Å². The number of rotatable bonds is 4. The number of pyridine rings is 2. The van der Waals surface area contributed by atoms with E-state index in [-0.39, 0.29) is 0 Å². The number of aromatic nitrogens is 2. The van der Waals surface area contributed by atoms with E-state index in [4.69, 9.17) is 20.0 Å². The highest BCUT2D eigenvalue weighted by atomic mass is 14.8. The van der Waals surface area contributed by atoms with E-state index in [1.54, 1.807) is 0 Å². The normalized spacial score (nSPS) is 15.6. The van der Waals surface area contributed by atoms with Gasteiger partial charge in [0, 0.05) is 33.3 Å². The predicted octanol–water partition coefficient (Wildman–Crippen LogP) is 10.5. The molecule has 4 aromatic carbocycles. The van der Waals surface area contributed by atoms with E-state index in [2.05, 4.69) is 121 Å². The minimum absolute atomic E-state index is 0.937. The van der Waals surface area contributed by atoms with Gasteiger partial charge >= 0.3 is 0 Å². The van der Waals surface area contributed by atoms with Gasteiger partial charge in [-0.3, -0.25) is 9.98 Å². The van der Waals surface area contributed by atoms with Gasteiger partial charge in [0.1, 0.15) is 0 Å². The SMILES string of the molecule is C1=CCCC(C2=Nc3c(ccc4ccc(-c5cccc(-c6ccc7ccc8c(c7n6)N=C(c6ccccc6)CC8)c5)nc34)CC2)=C1. The van der Waals surface area contributed by atoms with Crippen molar-refractivity contribution >= 4 is 44.6 Å². The molecule has 0 N–H and O–H groups in total. The van der Waals surface area contributed by atoms with E-state index in [0.29, 0.717) is 0 Å². The number of aryl methyl sites for hydroxylation is 2. The molecule has 0 unspecified atom stereocenters. The molecule has 0 spiro atoms. The highest BCUT2D eigenvalue weighted by Crippen LogP contribution is 2.38. The zero-order chi connectivity index (χ0) is 30.5. The van der Waals surface area contributed by atoms with Crippen molar-refractivity contribution in [2.45, 2.75) is 38.5 Å². The Labute approximate surface area is 268 Å². The summed E-state index contributed by atoms with van der Waals surface area (Å²) in [6.45, 7) is 0. The second-order valence-electron chi connectivity index (χ2n) is 12.4. The Kier molecular flexibility index (Phi) is 6.52. The van der Waals surface area contributed by atoms with Crippen molar-refractivity contribution in [1.82, 2.24) is 9.97 Å². The lowest BCUT2D eigenvalue weighted by Gasteiger charge is -2.20. The maximum absolute atomic E-state index is 5.24. The molecule has 2 aromatic heterocycles. The van der Waals surface area contributed by atoms with Crippen LogP contribution < -0.4 is 0 Å². The van der Waals surface area contributed by atoms with Crippen LogP contribution in [0.25, 0.3) is 44.3 Å². The Balaban J connectivity index is 1.11. The summed E-state index contributed by atoms with van der Waals surface area (Å²) in [6.07, 6.45) is 12.7. The van der Waals surface area contributed by atoms with Gasteiger partial charge < -0.3 is 0 Å². The van der Waals surface area contributed by atoms with Crippen LogP contribution in [0.1, 0.15) is 42.4 Å². The second-order valence-corrected chi connectivity index (χ2v) is 12.4. The number of fused-ring (bicyclic) bond motifs is 6. The first-order valence-corrected chi connectivity index (χ1v) is 16.3. The molecule has 0 amide bonds. The number of allylic oxidation sites excluding steroid dienone is 4. The highest BCUT2D eigenvalue weighted by molar-refractivity contribution is 6.07. The molecule has 9 rings (SSSR count). The minimum atomic E-state index is 0.937. The number of aliphatic imine (C=N–C) groups is 2. The van der Waals surface area contributed by atoms with Crippen molar-refractivity contribution in [3.63, 3.8) is 0 Å². The van der Waals surface area contributed by atoms with Gasteiger partial charge in [0.05, 0.1) is 33.8 Å². The molecule has 0 fully saturated rings. The van der Waals surface area contributed by atoms with E-state index in [0.717, 1.165) is 99.9 Å². The van der Waals surface area contributed by atoms with Crippen LogP contribution >= 0.6 is 0 Å². The molecule has 6 aromatic rings. The molecule has 1 aliphatic carbocycles. The first-order chi connectivity index (χ1) is 22.8. The van der Waals surface area contributed by atoms with Crippen molar-refractivity contribution in [2.75, 3.05) is 0 Å². The lowest BCUT2D eigenvalue weighted by atomic mass is 9.92. The summed E-state index contributed by atoms with van der Waals surface area (Å²) < 4.78 is 0. The predicted molar refractivity (Wildman–Crippen MR) is 191 cm³/mol. The van der Waals surface area contributed by atoms with Gasteiger partial charge in [-0.15, -0.1) is 0 Å². The fraction of sp³-hybridized carbons (Fsp3) is 0.143. The summed E-state index contributed by atoms with van der Waals surface area (Å²) in [5.74, 6) is 0. The third kappa shape index (κ3) is 4.78. The number of hydrogen-bond donors (Lipinski definition) is 0. The van der Waals surface area contributed by atoms with Gasteiger partial charge in [0.15, 0.2) is 0 Å². The van der Waals surface area contributed by atoms with E-state index in [9.17, 15) is 0 Å². The Morgan fingerprint density at radius 3 is 1.70 bits per heavy atom. The summed E-state index contributed by atoms with van der Waals surface area (Å²) in [6, 6.07) is 36.5. The fourth-order valence-electron chi connectivity index (χ4n) is 7.05. The van der Waals surface area contributed by atoms with Crippen molar-refractivity contribution in [1.29, 1.82) is 0 Å². The number of nitrogens with zero attached hydrogens (tertiary/aromatic N) is 4. The smallest absolute Gasteiger partial charge is 0.0968 e. The van der Waals surface area contributed by atoms with Crippen LogP contribution in [0.4, 0.5) is 11.4 Å². The molecule has 0 atom stereocenters. The van der Waals surface area contributed by atoms with Crippen molar-refractivity contribution < 1.29 is 0 Å². The lowest BCUT2D eigenvalue weighted by Crippen LogP contribution is -2.10. The summed E-state index contributed by atoms with van der Waals surface area (Å²) in [4.78, 5) is 20.9. The maximum Gasteiger partial charge on any atom is 0.0968 e. The van der Waals surface area contributed by atoms with E-state index in [1.807, 2.05) is 0 Å². The number of benzene rings is 4. The zero-order valence-corrected chi connectivity index (χ0v) is 25.6. The Hall–Kier alpha value is -5.48. The van der Waals surface area contributed by atoms with Crippen molar-refractivity contribution in [2.24, 2.45) is 9.98 Å². The average Bonchev–Trinajstić information content (AvgIpc) is 3.14. The molecule has 46 heavy (non-hydrogen) atoms. The standard InChI is InChI=1S/C42H32N4/c1-3-8-27(9-4-1)35-22-18-29-14-16-31-20-24-37(45-41(31)39(29)43-35)33-12-7-13-34(26-33)38-25-21-32-17-15-30-19-23-36(28-10-5-2-6-11-28)44-40(30)42(32)46-38/h1-5,7-10,12-17,20-21,24-26H,6,11,18-19,22-23H2. The quantitative estimate of drug-likeness (QED) is 0.204. The molecule has 2 aliphatic heterocycles. The van der Waals surface area contributed by atoms with Crippen LogP contribution in [0.5, 0.6) is 0 Å². The first kappa shape index (κ1) is 26.9. The molecular weight excluding hydrogens is 560 g/mol. The van der Waals surface area contributed by atoms with Crippen molar-refractivity contribution in [3.05, 3.63) is 144 Å². The largest absolute Gasteiger partial charge is 0.251 e. The minimum Gasteiger partial charge on any atom is -0.251 e. The van der Waals surface area contributed by atoms with Crippen LogP contribution in [0, 0.1) is 0 Å². The van der Waals surface area contributed by atoms with Gasteiger partial charge in [0.25, 0.3) is 0 Å². The van der Waals surface area contributed by atoms with Crippen LogP contribution in [-0.4, -0.2) is 21.4 Å². The monoisotopic (exact) mass is 592 g/mol. The van der Waals surface area contributed by atoms with E-state index >= 15 is 0 Å². The van der Waals surface area contributed by atoms with Crippen LogP contribution in [0.3, 0.4) is 0 Å². The van der Waals surface area contributed by atoms with Gasteiger partial charge in [-0.25, -0.2) is 9.97 Å². The molecule has 4 nitrogen and oxygen atoms in total. The molecule has 0 bridgehead atoms. The van der Waals surface area contributed by atoms with Gasteiger partial charge in [-0.2, -0.15) is 0 Å². The summed E-state index contributed by atoms with van der Waals surface area (Å²) in [5, 5.41) is 2.23. The molecule has 4 heteroatoms. The third-order valence-electron chi connectivity index (χ3n) is 9.54. The Morgan fingerprint density at radius 1 is 0.478 bits per heavy atom. The second kappa shape index (κ2) is 11.1. The highest BCUT2D eigenvalue weighted by Gasteiger charge is 2.20. The number of hydrogen-bond acceptors (Lipinski definition) is 4. The molecule has 3 aliphatic rings. The fourth-order valence-corrected chi connectivity index (χ4v) is 7.05. The molecule has 220 valence electrons. The topological polar surface area (TPSA) is 50.5 Å². The van der Waals surface area contributed by atoms with Crippen LogP contribution in [0.2, 0.25) is 0 Å². The summed E-state index contributed by atoms with van der Waals surface area (Å²) >= 11 is 0. The lowest BCUT2D eigenvalue weighted by molar-refractivity contribution is 0.955. The molecular formula is C42H32N4. The summed E-state index contributed by atoms with van der Waals surface area (Å²) in [7, 11) is 0. The molecule has 0 saturated carbocycles. The van der Waals surface area contributed by atoms with Crippen LogP contribution in [0.15, 0.2) is 137 Å². The Morgan fingerprint density at radius 2 is 1.07 bits per heavy atom. The molecule has 0 saturated heterocycles. The first-order valence-electron chi connectivity index (χ1n) is 16.3. The van der Waals surface area contributed by atoms with E-state index in [1.165, 1.54) is 28.0 Å². The van der Waals surface area contributed by atoms with Crippen LogP contribution in [-0.2, 0) is 12.8 Å². The Bertz CT molecular complexity index is 2310. The maximum atomic E-state index is 5.24. The molecule has 4 heterocycles. The third-order valence-corrected chi connectivity index (χ3v) is 9.54. The molecule has 0 radical (unpaired) electrons. The average molecular weight is 593 g/mol.